The van der Waals surface area contributed by atoms with Gasteiger partial charge in [-0.3, -0.25) is 4.79 Å². The number of unbranched alkanes of at least 4 members (excludes halogenated alkanes) is 1. The molecule has 3 rings (SSSR count). The normalized spacial score (nSPS) is 51.8. The molecule has 3 aliphatic rings. The van der Waals surface area contributed by atoms with Crippen LogP contribution in [0, 0.1) is 0 Å². The Morgan fingerprint density at radius 2 is 2.25 bits per heavy atom. The highest BCUT2D eigenvalue weighted by Gasteiger charge is 2.85. The topological polar surface area (TPSA) is 69.1 Å². The van der Waals surface area contributed by atoms with Gasteiger partial charge in [-0.05, 0) is 6.42 Å². The molecule has 88 valence electrons. The first-order valence-electron chi connectivity index (χ1n) is 5.68. The van der Waals surface area contributed by atoms with Crippen molar-refractivity contribution in [2.24, 2.45) is 11.5 Å². The number of hydrogen-bond acceptors (Lipinski definition) is 5. The predicted molar refractivity (Wildman–Crippen MR) is 69.2 cm³/mol. The number of hydrogen-bond donors (Lipinski definition) is 2. The predicted octanol–water partition coefficient (Wildman–Crippen LogP) is 1.23. The molecule has 0 aromatic carbocycles. The zero-order valence-corrected chi connectivity index (χ0v) is 10.9. The van der Waals surface area contributed by atoms with E-state index in [0.29, 0.717) is 12.2 Å². The fraction of sp³-hybridized carbons (Fsp3) is 0.727. The molecular formula is C11H16N2OS2. The molecule has 16 heavy (non-hydrogen) atoms. The van der Waals surface area contributed by atoms with Gasteiger partial charge in [0.25, 0.3) is 0 Å². The second-order valence-electron chi connectivity index (χ2n) is 4.79. The Morgan fingerprint density at radius 3 is 2.94 bits per heavy atom. The molecule has 0 aromatic rings. The molecule has 3 nitrogen and oxygen atoms in total. The average molecular weight is 256 g/mol. The molecule has 0 aromatic heterocycles. The van der Waals surface area contributed by atoms with Crippen molar-refractivity contribution in [1.29, 1.82) is 0 Å². The number of fused-ring (bicyclic) bond motifs is 3. The molecular weight excluding hydrogens is 240 g/mol. The van der Waals surface area contributed by atoms with Gasteiger partial charge in [0, 0.05) is 11.7 Å². The third-order valence-corrected chi connectivity index (χ3v) is 7.16. The number of Topliss-reactive ketones (excluding diaryl/α,β-unsaturated/α-hetero) is 1. The van der Waals surface area contributed by atoms with Gasteiger partial charge < -0.3 is 11.5 Å². The van der Waals surface area contributed by atoms with Crippen LogP contribution in [-0.4, -0.2) is 25.5 Å². The number of rotatable bonds is 4. The van der Waals surface area contributed by atoms with Crippen LogP contribution in [0.15, 0.2) is 12.2 Å². The molecule has 2 heterocycles. The van der Waals surface area contributed by atoms with Gasteiger partial charge in [-0.1, -0.05) is 25.5 Å². The lowest BCUT2D eigenvalue weighted by molar-refractivity contribution is -0.121. The maximum atomic E-state index is 12.3. The third-order valence-electron chi connectivity index (χ3n) is 3.77. The lowest BCUT2D eigenvalue weighted by Crippen LogP contribution is -2.56. The van der Waals surface area contributed by atoms with Crippen LogP contribution >= 0.6 is 23.5 Å². The lowest BCUT2D eigenvalue weighted by atomic mass is 9.82. The molecule has 5 heteroatoms. The first kappa shape index (κ1) is 11.1. The van der Waals surface area contributed by atoms with Crippen LogP contribution in [0.2, 0.25) is 0 Å². The molecule has 2 fully saturated rings. The van der Waals surface area contributed by atoms with Gasteiger partial charge in [0.05, 0.1) is 0 Å². The smallest absolute Gasteiger partial charge is 0.153 e. The van der Waals surface area contributed by atoms with Crippen LogP contribution in [0.1, 0.15) is 26.2 Å². The molecule has 2 aliphatic heterocycles. The Morgan fingerprint density at radius 1 is 1.50 bits per heavy atom. The average Bonchev–Trinajstić information content (AvgIpc) is 3.08. The summed E-state index contributed by atoms with van der Waals surface area (Å²) < 4.78 is -0.406. The van der Waals surface area contributed by atoms with Gasteiger partial charge in [0.2, 0.25) is 0 Å². The van der Waals surface area contributed by atoms with Crippen LogP contribution in [0.5, 0.6) is 0 Å². The third kappa shape index (κ3) is 1.08. The van der Waals surface area contributed by atoms with Crippen molar-refractivity contribution >= 4 is 29.3 Å². The number of thioether (sulfide) groups is 2. The highest BCUT2D eigenvalue weighted by atomic mass is 32.2. The van der Waals surface area contributed by atoms with Crippen molar-refractivity contribution in [2.45, 2.75) is 45.9 Å². The Kier molecular flexibility index (Phi) is 2.14. The summed E-state index contributed by atoms with van der Waals surface area (Å²) in [6.45, 7) is 2.10. The van der Waals surface area contributed by atoms with Crippen molar-refractivity contribution in [3.63, 3.8) is 0 Å². The number of carbonyl (C=O) groups is 1. The number of ketones is 1. The van der Waals surface area contributed by atoms with Gasteiger partial charge in [-0.2, -0.15) is 0 Å². The SMILES string of the molecule is CCCCC(=O)C12SC1C=CC1(N)SC12N. The zero-order chi connectivity index (χ0) is 11.6. The Labute approximate surface area is 104 Å². The van der Waals surface area contributed by atoms with Crippen molar-refractivity contribution < 1.29 is 4.79 Å². The molecule has 0 spiro atoms. The summed E-state index contributed by atoms with van der Waals surface area (Å²) in [7, 11) is 0. The van der Waals surface area contributed by atoms with Gasteiger partial charge in [-0.25, -0.2) is 0 Å². The minimum Gasteiger partial charge on any atom is -0.313 e. The summed E-state index contributed by atoms with van der Waals surface area (Å²) in [6.07, 6.45) is 6.69. The summed E-state index contributed by atoms with van der Waals surface area (Å²) in [5.41, 5.74) is 12.5. The van der Waals surface area contributed by atoms with Crippen molar-refractivity contribution in [3.8, 4) is 0 Å². The molecule has 0 radical (unpaired) electrons. The Bertz CT molecular complexity index is 399. The monoisotopic (exact) mass is 256 g/mol. The minimum atomic E-state index is -0.547. The maximum Gasteiger partial charge on any atom is 0.153 e. The van der Waals surface area contributed by atoms with Gasteiger partial charge in [0.15, 0.2) is 5.78 Å². The van der Waals surface area contributed by atoms with Crippen LogP contribution in [0.25, 0.3) is 0 Å². The minimum absolute atomic E-state index is 0.272. The second-order valence-corrected chi connectivity index (χ2v) is 7.70. The second kappa shape index (κ2) is 3.07. The quantitative estimate of drug-likeness (QED) is 0.585. The van der Waals surface area contributed by atoms with E-state index in [1.54, 1.807) is 23.5 Å². The Balaban J connectivity index is 1.86. The summed E-state index contributed by atoms with van der Waals surface area (Å²) in [4.78, 5) is 11.3. The maximum absolute atomic E-state index is 12.3. The molecule has 4 atom stereocenters. The van der Waals surface area contributed by atoms with E-state index >= 15 is 0 Å². The van der Waals surface area contributed by atoms with Crippen LogP contribution in [0.3, 0.4) is 0 Å². The molecule has 0 saturated carbocycles. The number of nitrogens with two attached hydrogens (primary N) is 2. The van der Waals surface area contributed by atoms with Gasteiger partial charge >= 0.3 is 0 Å². The van der Waals surface area contributed by atoms with Crippen LogP contribution in [-0.2, 0) is 4.79 Å². The fourth-order valence-corrected chi connectivity index (χ4v) is 5.71. The number of carbonyl (C=O) groups excluding carboxylic acids is 1. The molecule has 0 bridgehead atoms. The molecule has 4 unspecified atom stereocenters. The molecule has 1 aliphatic carbocycles. The van der Waals surface area contributed by atoms with E-state index in [1.165, 1.54) is 0 Å². The van der Waals surface area contributed by atoms with E-state index in [-0.39, 0.29) is 5.25 Å². The lowest BCUT2D eigenvalue weighted by Gasteiger charge is -2.25. The fourth-order valence-electron chi connectivity index (χ4n) is 2.59. The summed E-state index contributed by atoms with van der Waals surface area (Å²) in [5.74, 6) is 0.302. The van der Waals surface area contributed by atoms with Gasteiger partial charge in [-0.15, -0.1) is 23.5 Å². The van der Waals surface area contributed by atoms with Crippen LogP contribution in [0.4, 0.5) is 0 Å². The van der Waals surface area contributed by atoms with E-state index in [4.69, 9.17) is 11.5 Å². The standard InChI is InChI=1S/C11H16N2OS2/c1-2-3-4-7(14)10-8(15-10)5-6-9(12)11(10,13)16-9/h5-6,8H,2-4,12-13H2,1H3. The summed E-state index contributed by atoms with van der Waals surface area (Å²) in [5, 5.41) is 0.272. The summed E-state index contributed by atoms with van der Waals surface area (Å²) in [6, 6.07) is 0. The molecule has 0 amide bonds. The highest BCUT2D eigenvalue weighted by molar-refractivity contribution is 8.15. The first-order valence-corrected chi connectivity index (χ1v) is 7.38. The van der Waals surface area contributed by atoms with Gasteiger partial charge in [0.1, 0.15) is 14.5 Å². The van der Waals surface area contributed by atoms with Crippen molar-refractivity contribution in [1.82, 2.24) is 0 Å². The molecule has 2 saturated heterocycles. The first-order chi connectivity index (χ1) is 7.50. The highest BCUT2D eigenvalue weighted by Crippen LogP contribution is 2.78. The van der Waals surface area contributed by atoms with E-state index < -0.39 is 14.5 Å². The van der Waals surface area contributed by atoms with E-state index in [2.05, 4.69) is 13.0 Å². The van der Waals surface area contributed by atoms with E-state index in [9.17, 15) is 4.79 Å². The Hall–Kier alpha value is 0.0300. The van der Waals surface area contributed by atoms with Crippen molar-refractivity contribution in [3.05, 3.63) is 12.2 Å². The van der Waals surface area contributed by atoms with E-state index in [1.807, 2.05) is 6.08 Å². The van der Waals surface area contributed by atoms with Crippen LogP contribution < -0.4 is 11.5 Å². The van der Waals surface area contributed by atoms with E-state index in [0.717, 1.165) is 12.8 Å². The zero-order valence-electron chi connectivity index (χ0n) is 9.23. The van der Waals surface area contributed by atoms with Crippen molar-refractivity contribution in [2.75, 3.05) is 0 Å². The summed E-state index contributed by atoms with van der Waals surface area (Å²) >= 11 is 3.23. The molecule has 4 N–H and O–H groups in total. The largest absolute Gasteiger partial charge is 0.313 e.